The highest BCUT2D eigenvalue weighted by atomic mass is 19.1. The maximum atomic E-state index is 14.0. The van der Waals surface area contributed by atoms with Gasteiger partial charge in [0.2, 0.25) is 0 Å². The van der Waals surface area contributed by atoms with Crippen molar-refractivity contribution < 1.29 is 9.13 Å². The van der Waals surface area contributed by atoms with E-state index in [-0.39, 0.29) is 6.61 Å². The number of hydrogen-bond donors (Lipinski definition) is 0. The van der Waals surface area contributed by atoms with E-state index in [0.29, 0.717) is 17.9 Å². The molecule has 0 fully saturated rings. The van der Waals surface area contributed by atoms with Crippen molar-refractivity contribution in [2.24, 2.45) is 0 Å². The highest BCUT2D eigenvalue weighted by Gasteiger charge is 2.33. The third kappa shape index (κ3) is 2.61. The largest absolute Gasteiger partial charge is 0.371 e. The maximum absolute atomic E-state index is 14.0. The summed E-state index contributed by atoms with van der Waals surface area (Å²) >= 11 is 0. The van der Waals surface area contributed by atoms with E-state index in [4.69, 9.17) is 4.74 Å². The topological polar surface area (TPSA) is 22.1 Å². The normalized spacial score (nSPS) is 22.8. The second kappa shape index (κ2) is 5.44. The molecule has 87 valence electrons. The van der Waals surface area contributed by atoms with Crippen LogP contribution in [0.15, 0.2) is 12.3 Å². The molecule has 1 aliphatic heterocycles. The Morgan fingerprint density at radius 2 is 2.19 bits per heavy atom. The van der Waals surface area contributed by atoms with E-state index in [1.54, 1.807) is 6.20 Å². The van der Waals surface area contributed by atoms with Crippen LogP contribution in [-0.4, -0.2) is 18.9 Å². The number of pyridine rings is 1. The SMILES string of the molecule is CC.C[B]c1cnc2c(c1)C(C)(F)COC2. The van der Waals surface area contributed by atoms with Gasteiger partial charge in [-0.25, -0.2) is 4.39 Å². The van der Waals surface area contributed by atoms with Gasteiger partial charge in [0.25, 0.3) is 0 Å². The zero-order valence-corrected chi connectivity index (χ0v) is 10.4. The molecule has 0 saturated carbocycles. The summed E-state index contributed by atoms with van der Waals surface area (Å²) in [6.45, 7) is 7.98. The first-order chi connectivity index (χ1) is 7.63. The number of ether oxygens (including phenoxy) is 1. The molecule has 0 aromatic carbocycles. The lowest BCUT2D eigenvalue weighted by molar-refractivity contribution is -0.00677. The Bertz CT molecular complexity index is 355. The van der Waals surface area contributed by atoms with Crippen molar-refractivity contribution in [2.45, 2.75) is 39.9 Å². The van der Waals surface area contributed by atoms with Crippen LogP contribution in [-0.2, 0) is 17.0 Å². The number of rotatable bonds is 1. The fourth-order valence-corrected chi connectivity index (χ4v) is 1.65. The van der Waals surface area contributed by atoms with Gasteiger partial charge in [-0.3, -0.25) is 4.98 Å². The van der Waals surface area contributed by atoms with Crippen LogP contribution in [0.1, 0.15) is 32.0 Å². The van der Waals surface area contributed by atoms with Gasteiger partial charge in [0.05, 0.1) is 18.9 Å². The number of aromatic nitrogens is 1. The van der Waals surface area contributed by atoms with Crippen molar-refractivity contribution in [3.8, 4) is 0 Å². The Morgan fingerprint density at radius 3 is 2.81 bits per heavy atom. The fourth-order valence-electron chi connectivity index (χ4n) is 1.65. The molecule has 2 nitrogen and oxygen atoms in total. The third-order valence-corrected chi connectivity index (χ3v) is 2.50. The van der Waals surface area contributed by atoms with E-state index in [0.717, 1.165) is 5.46 Å². The Labute approximate surface area is 97.5 Å². The molecule has 1 aromatic rings. The second-order valence-electron chi connectivity index (χ2n) is 3.74. The summed E-state index contributed by atoms with van der Waals surface area (Å²) in [7, 11) is 1.92. The van der Waals surface area contributed by atoms with Gasteiger partial charge in [-0.15, -0.1) is 0 Å². The molecule has 0 aliphatic carbocycles. The van der Waals surface area contributed by atoms with Crippen molar-refractivity contribution in [1.29, 1.82) is 0 Å². The van der Waals surface area contributed by atoms with Gasteiger partial charge in [0.1, 0.15) is 7.28 Å². The number of alkyl halides is 1. The molecule has 1 aromatic heterocycles. The minimum atomic E-state index is -1.40. The zero-order chi connectivity index (χ0) is 12.2. The van der Waals surface area contributed by atoms with Crippen LogP contribution >= 0.6 is 0 Å². The van der Waals surface area contributed by atoms with Crippen LogP contribution in [0, 0.1) is 0 Å². The van der Waals surface area contributed by atoms with E-state index in [1.165, 1.54) is 6.92 Å². The summed E-state index contributed by atoms with van der Waals surface area (Å²) in [5, 5.41) is 0. The van der Waals surface area contributed by atoms with Crippen molar-refractivity contribution in [1.82, 2.24) is 4.98 Å². The Morgan fingerprint density at radius 1 is 1.50 bits per heavy atom. The van der Waals surface area contributed by atoms with Crippen LogP contribution in [0.5, 0.6) is 0 Å². The molecule has 0 saturated heterocycles. The van der Waals surface area contributed by atoms with Crippen LogP contribution in [0.3, 0.4) is 0 Å². The third-order valence-electron chi connectivity index (χ3n) is 2.50. The molecule has 1 unspecified atom stereocenters. The fraction of sp³-hybridized carbons (Fsp3) is 0.583. The predicted molar refractivity (Wildman–Crippen MR) is 65.0 cm³/mol. The first-order valence-corrected chi connectivity index (χ1v) is 5.69. The number of fused-ring (bicyclic) bond motifs is 1. The van der Waals surface area contributed by atoms with Gasteiger partial charge in [-0.2, -0.15) is 0 Å². The molecule has 16 heavy (non-hydrogen) atoms. The molecular weight excluding hydrogens is 204 g/mol. The van der Waals surface area contributed by atoms with Gasteiger partial charge in [-0.05, 0) is 6.92 Å². The van der Waals surface area contributed by atoms with Crippen LogP contribution < -0.4 is 5.46 Å². The van der Waals surface area contributed by atoms with E-state index < -0.39 is 5.67 Å². The van der Waals surface area contributed by atoms with Gasteiger partial charge in [-0.1, -0.05) is 32.2 Å². The summed E-state index contributed by atoms with van der Waals surface area (Å²) in [6.07, 6.45) is 1.74. The molecule has 0 bridgehead atoms. The molecule has 1 aliphatic rings. The number of hydrogen-bond acceptors (Lipinski definition) is 2. The lowest BCUT2D eigenvalue weighted by Crippen LogP contribution is -2.32. The van der Waals surface area contributed by atoms with Gasteiger partial charge >= 0.3 is 0 Å². The molecule has 0 N–H and O–H groups in total. The number of halogens is 1. The minimum absolute atomic E-state index is 0.120. The van der Waals surface area contributed by atoms with E-state index in [9.17, 15) is 4.39 Å². The summed E-state index contributed by atoms with van der Waals surface area (Å²) in [4.78, 5) is 4.19. The zero-order valence-electron chi connectivity index (χ0n) is 10.4. The second-order valence-corrected chi connectivity index (χ2v) is 3.74. The maximum Gasteiger partial charge on any atom is 0.158 e. The predicted octanol–water partition coefficient (Wildman–Crippen LogP) is 2.20. The van der Waals surface area contributed by atoms with Crippen LogP contribution in [0.25, 0.3) is 0 Å². The Hall–Kier alpha value is -0.895. The Balaban J connectivity index is 0.000000606. The van der Waals surface area contributed by atoms with Gasteiger partial charge < -0.3 is 4.74 Å². The molecule has 0 spiro atoms. The van der Waals surface area contributed by atoms with Crippen molar-refractivity contribution in [3.63, 3.8) is 0 Å². The van der Waals surface area contributed by atoms with E-state index in [1.807, 2.05) is 34.0 Å². The molecule has 1 radical (unpaired) electrons. The minimum Gasteiger partial charge on any atom is -0.371 e. The average molecular weight is 222 g/mol. The highest BCUT2D eigenvalue weighted by molar-refractivity contribution is 6.51. The highest BCUT2D eigenvalue weighted by Crippen LogP contribution is 2.31. The first-order valence-electron chi connectivity index (χ1n) is 5.69. The standard InChI is InChI=1S/C10H12BFNO.C2H6/c1-10(12)6-14-5-9-8(10)3-7(11-2)4-13-9;1-2/h3-4H,5-6H2,1-2H3;1-2H3. The lowest BCUT2D eigenvalue weighted by Gasteiger charge is -2.28. The van der Waals surface area contributed by atoms with Crippen LogP contribution in [0.4, 0.5) is 4.39 Å². The van der Waals surface area contributed by atoms with Crippen molar-refractivity contribution >= 4 is 12.7 Å². The van der Waals surface area contributed by atoms with Crippen LogP contribution in [0.2, 0.25) is 6.82 Å². The van der Waals surface area contributed by atoms with E-state index >= 15 is 0 Å². The first kappa shape index (κ1) is 13.2. The molecule has 4 heteroatoms. The number of nitrogens with zero attached hydrogens (tertiary/aromatic N) is 1. The van der Waals surface area contributed by atoms with Crippen molar-refractivity contribution in [2.75, 3.05) is 6.61 Å². The lowest BCUT2D eigenvalue weighted by atomic mass is 9.73. The summed E-state index contributed by atoms with van der Waals surface area (Å²) in [5.74, 6) is 0. The monoisotopic (exact) mass is 222 g/mol. The summed E-state index contributed by atoms with van der Waals surface area (Å²) < 4.78 is 19.1. The van der Waals surface area contributed by atoms with Gasteiger partial charge in [0, 0.05) is 11.8 Å². The molecule has 2 heterocycles. The summed E-state index contributed by atoms with van der Waals surface area (Å²) in [5.41, 5.74) is 0.931. The molecular formula is C12H18BFNO. The van der Waals surface area contributed by atoms with Crippen molar-refractivity contribution in [3.05, 3.63) is 23.5 Å². The average Bonchev–Trinajstić information content (AvgIpc) is 2.31. The van der Waals surface area contributed by atoms with Gasteiger partial charge in [0.15, 0.2) is 5.67 Å². The summed E-state index contributed by atoms with van der Waals surface area (Å²) in [6, 6.07) is 1.85. The smallest absolute Gasteiger partial charge is 0.158 e. The molecule has 0 amide bonds. The Kier molecular flexibility index (Phi) is 4.48. The quantitative estimate of drug-likeness (QED) is 0.679. The van der Waals surface area contributed by atoms with E-state index in [2.05, 4.69) is 4.98 Å². The molecule has 2 rings (SSSR count). The molecule has 1 atom stereocenters.